The number of nitrogens with two attached hydrogens (primary N) is 1. The fraction of sp³-hybridized carbons (Fsp3) is 0.500. The summed E-state index contributed by atoms with van der Waals surface area (Å²) in [6.45, 7) is 7.51. The Kier molecular flexibility index (Phi) is 4.02. The molecule has 0 aliphatic heterocycles. The van der Waals surface area contributed by atoms with Crippen LogP contribution in [-0.4, -0.2) is 20.8 Å². The van der Waals surface area contributed by atoms with E-state index in [4.69, 9.17) is 10.3 Å². The number of carbonyl (C=O) groups is 1. The van der Waals surface area contributed by atoms with Crippen molar-refractivity contribution in [3.05, 3.63) is 28.4 Å². The van der Waals surface area contributed by atoms with Crippen LogP contribution in [0.5, 0.6) is 0 Å². The van der Waals surface area contributed by atoms with Crippen molar-refractivity contribution in [2.75, 3.05) is 5.73 Å². The SMILES string of the molecule is CCc1nn(C)c(C(=O)NC(C)c2c(C)noc2C)c1N. The van der Waals surface area contributed by atoms with E-state index >= 15 is 0 Å². The third-order valence-corrected chi connectivity index (χ3v) is 3.58. The van der Waals surface area contributed by atoms with Crippen LogP contribution in [-0.2, 0) is 13.5 Å². The van der Waals surface area contributed by atoms with Crippen LogP contribution in [0.4, 0.5) is 5.69 Å². The van der Waals surface area contributed by atoms with Crippen molar-refractivity contribution in [1.82, 2.24) is 20.3 Å². The molecular formula is C14H21N5O2. The molecule has 2 rings (SSSR count). The van der Waals surface area contributed by atoms with E-state index in [0.29, 0.717) is 23.6 Å². The summed E-state index contributed by atoms with van der Waals surface area (Å²) in [5.74, 6) is 0.447. The fourth-order valence-electron chi connectivity index (χ4n) is 2.57. The summed E-state index contributed by atoms with van der Waals surface area (Å²) < 4.78 is 6.65. The summed E-state index contributed by atoms with van der Waals surface area (Å²) in [6, 6.07) is -0.219. The molecule has 0 saturated carbocycles. The van der Waals surface area contributed by atoms with Crippen molar-refractivity contribution < 1.29 is 9.32 Å². The van der Waals surface area contributed by atoms with Gasteiger partial charge in [0.1, 0.15) is 11.5 Å². The van der Waals surface area contributed by atoms with Gasteiger partial charge in [-0.05, 0) is 27.2 Å². The second-order valence-electron chi connectivity index (χ2n) is 5.12. The molecule has 2 aromatic heterocycles. The van der Waals surface area contributed by atoms with Gasteiger partial charge >= 0.3 is 0 Å². The molecule has 0 saturated heterocycles. The number of anilines is 1. The van der Waals surface area contributed by atoms with Crippen molar-refractivity contribution >= 4 is 11.6 Å². The highest BCUT2D eigenvalue weighted by molar-refractivity contribution is 5.98. The highest BCUT2D eigenvalue weighted by atomic mass is 16.5. The summed E-state index contributed by atoms with van der Waals surface area (Å²) in [6.07, 6.45) is 0.687. The van der Waals surface area contributed by atoms with Gasteiger partial charge in [0.05, 0.1) is 23.1 Å². The second kappa shape index (κ2) is 5.59. The molecule has 1 atom stereocenters. The number of hydrogen-bond acceptors (Lipinski definition) is 5. The molecule has 0 aliphatic rings. The molecule has 1 unspecified atom stereocenters. The third kappa shape index (κ3) is 2.63. The number of carbonyl (C=O) groups excluding carboxylic acids is 1. The van der Waals surface area contributed by atoms with E-state index < -0.39 is 0 Å². The van der Waals surface area contributed by atoms with Gasteiger partial charge in [0, 0.05) is 12.6 Å². The average Bonchev–Trinajstić information content (AvgIpc) is 2.89. The van der Waals surface area contributed by atoms with Crippen LogP contribution >= 0.6 is 0 Å². The first-order valence-corrected chi connectivity index (χ1v) is 6.91. The quantitative estimate of drug-likeness (QED) is 0.892. The van der Waals surface area contributed by atoms with Gasteiger partial charge in [-0.3, -0.25) is 9.48 Å². The van der Waals surface area contributed by atoms with Crippen LogP contribution in [0.25, 0.3) is 0 Å². The predicted molar refractivity (Wildman–Crippen MR) is 78.9 cm³/mol. The minimum atomic E-state index is -0.255. The molecule has 114 valence electrons. The lowest BCUT2D eigenvalue weighted by Gasteiger charge is -2.14. The molecule has 0 aliphatic carbocycles. The van der Waals surface area contributed by atoms with E-state index in [2.05, 4.69) is 15.6 Å². The third-order valence-electron chi connectivity index (χ3n) is 3.58. The number of rotatable bonds is 4. The van der Waals surface area contributed by atoms with Gasteiger partial charge in [-0.15, -0.1) is 0 Å². The predicted octanol–water partition coefficient (Wildman–Crippen LogP) is 1.66. The monoisotopic (exact) mass is 291 g/mol. The summed E-state index contributed by atoms with van der Waals surface area (Å²) >= 11 is 0. The average molecular weight is 291 g/mol. The lowest BCUT2D eigenvalue weighted by Crippen LogP contribution is -2.29. The molecule has 0 fully saturated rings. The normalized spacial score (nSPS) is 12.4. The van der Waals surface area contributed by atoms with Crippen LogP contribution in [0.3, 0.4) is 0 Å². The van der Waals surface area contributed by atoms with E-state index in [1.165, 1.54) is 4.68 Å². The zero-order valence-corrected chi connectivity index (χ0v) is 13.0. The number of nitrogen functional groups attached to an aromatic ring is 1. The molecule has 3 N–H and O–H groups in total. The van der Waals surface area contributed by atoms with E-state index in [-0.39, 0.29) is 11.9 Å². The van der Waals surface area contributed by atoms with Crippen LogP contribution in [0.2, 0.25) is 0 Å². The number of amides is 1. The lowest BCUT2D eigenvalue weighted by molar-refractivity contribution is 0.0931. The van der Waals surface area contributed by atoms with Gasteiger partial charge < -0.3 is 15.6 Å². The van der Waals surface area contributed by atoms with Crippen LogP contribution in [0.1, 0.15) is 53.1 Å². The van der Waals surface area contributed by atoms with Gasteiger partial charge in [0.25, 0.3) is 5.91 Å². The minimum absolute atomic E-state index is 0.219. The number of nitrogens with zero attached hydrogens (tertiary/aromatic N) is 3. The van der Waals surface area contributed by atoms with E-state index in [1.807, 2.05) is 27.7 Å². The topological polar surface area (TPSA) is 99.0 Å². The first-order valence-electron chi connectivity index (χ1n) is 6.91. The van der Waals surface area contributed by atoms with Gasteiger partial charge in [-0.25, -0.2) is 0 Å². The first-order chi connectivity index (χ1) is 9.86. The fourth-order valence-corrected chi connectivity index (χ4v) is 2.57. The molecular weight excluding hydrogens is 270 g/mol. The smallest absolute Gasteiger partial charge is 0.272 e. The van der Waals surface area contributed by atoms with Gasteiger partial charge in [0.2, 0.25) is 0 Å². The Morgan fingerprint density at radius 2 is 2.14 bits per heavy atom. The summed E-state index contributed by atoms with van der Waals surface area (Å²) in [5, 5.41) is 11.1. The highest BCUT2D eigenvalue weighted by Crippen LogP contribution is 2.23. The van der Waals surface area contributed by atoms with Crippen molar-refractivity contribution in [1.29, 1.82) is 0 Å². The van der Waals surface area contributed by atoms with Crippen molar-refractivity contribution in [2.45, 2.75) is 40.2 Å². The molecule has 0 radical (unpaired) electrons. The van der Waals surface area contributed by atoms with E-state index in [0.717, 1.165) is 17.0 Å². The zero-order valence-electron chi connectivity index (χ0n) is 13.0. The maximum Gasteiger partial charge on any atom is 0.272 e. The molecule has 0 spiro atoms. The maximum absolute atomic E-state index is 12.4. The van der Waals surface area contributed by atoms with Gasteiger partial charge in [-0.2, -0.15) is 5.10 Å². The minimum Gasteiger partial charge on any atom is -0.395 e. The van der Waals surface area contributed by atoms with Crippen molar-refractivity contribution in [2.24, 2.45) is 7.05 Å². The molecule has 0 bridgehead atoms. The van der Waals surface area contributed by atoms with Gasteiger partial charge in [0.15, 0.2) is 0 Å². The second-order valence-corrected chi connectivity index (χ2v) is 5.12. The van der Waals surface area contributed by atoms with Crippen molar-refractivity contribution in [3.63, 3.8) is 0 Å². The molecule has 21 heavy (non-hydrogen) atoms. The van der Waals surface area contributed by atoms with Crippen LogP contribution in [0.15, 0.2) is 4.52 Å². The standard InChI is InChI=1S/C14H21N5O2/c1-6-10-12(15)13(19(5)17-10)14(20)16-7(2)11-8(3)18-21-9(11)4/h7H,6,15H2,1-5H3,(H,16,20). The summed E-state index contributed by atoms with van der Waals surface area (Å²) in [5.41, 5.74) is 9.20. The molecule has 1 amide bonds. The van der Waals surface area contributed by atoms with E-state index in [9.17, 15) is 4.79 Å². The Balaban J connectivity index is 2.24. The Morgan fingerprint density at radius 3 is 2.62 bits per heavy atom. The Bertz CT molecular complexity index is 652. The highest BCUT2D eigenvalue weighted by Gasteiger charge is 2.23. The number of aryl methyl sites for hydroxylation is 4. The number of hydrogen-bond donors (Lipinski definition) is 2. The molecule has 0 aromatic carbocycles. The largest absolute Gasteiger partial charge is 0.395 e. The molecule has 7 heteroatoms. The number of nitrogens with one attached hydrogen (secondary N) is 1. The van der Waals surface area contributed by atoms with Gasteiger partial charge in [-0.1, -0.05) is 12.1 Å². The van der Waals surface area contributed by atoms with Crippen LogP contribution < -0.4 is 11.1 Å². The summed E-state index contributed by atoms with van der Waals surface area (Å²) in [7, 11) is 1.71. The molecule has 2 aromatic rings. The number of aromatic nitrogens is 3. The van der Waals surface area contributed by atoms with Crippen molar-refractivity contribution in [3.8, 4) is 0 Å². The molecule has 2 heterocycles. The molecule has 7 nitrogen and oxygen atoms in total. The van der Waals surface area contributed by atoms with E-state index in [1.54, 1.807) is 7.05 Å². The Morgan fingerprint density at radius 1 is 1.48 bits per heavy atom. The van der Waals surface area contributed by atoms with Crippen LogP contribution in [0, 0.1) is 13.8 Å². The lowest BCUT2D eigenvalue weighted by atomic mass is 10.1. The Hall–Kier alpha value is -2.31. The first kappa shape index (κ1) is 15.1. The summed E-state index contributed by atoms with van der Waals surface area (Å²) in [4.78, 5) is 12.4. The maximum atomic E-state index is 12.4. The Labute approximate surface area is 123 Å². The zero-order chi connectivity index (χ0) is 15.7.